The van der Waals surface area contributed by atoms with Crippen molar-refractivity contribution in [1.82, 2.24) is 15.2 Å². The first-order valence-corrected chi connectivity index (χ1v) is 6.98. The molecule has 1 heterocycles. The van der Waals surface area contributed by atoms with Crippen LogP contribution in [0.1, 0.15) is 24.2 Å². The molecule has 0 fully saturated rings. The fraction of sp³-hybridized carbons (Fsp3) is 0.333. The largest absolute Gasteiger partial charge is 0.465 e. The lowest BCUT2D eigenvalue weighted by Gasteiger charge is -2.11. The van der Waals surface area contributed by atoms with E-state index in [1.807, 2.05) is 6.07 Å². The van der Waals surface area contributed by atoms with E-state index < -0.39 is 5.97 Å². The zero-order valence-electron chi connectivity index (χ0n) is 12.8. The first-order valence-electron chi connectivity index (χ1n) is 6.98. The molecule has 1 aromatic carbocycles. The Morgan fingerprint density at radius 3 is 2.82 bits per heavy atom. The van der Waals surface area contributed by atoms with E-state index in [9.17, 15) is 4.79 Å². The highest BCUT2D eigenvalue weighted by Gasteiger charge is 2.12. The molecule has 2 aromatic rings. The van der Waals surface area contributed by atoms with Crippen LogP contribution < -0.4 is 10.6 Å². The van der Waals surface area contributed by atoms with Crippen LogP contribution in [0.2, 0.25) is 0 Å². The molecule has 7 nitrogen and oxygen atoms in total. The van der Waals surface area contributed by atoms with Gasteiger partial charge in [-0.05, 0) is 18.1 Å². The zero-order chi connectivity index (χ0) is 15.9. The standard InChI is InChI=1S/C15H19N5O2/c1-10(2)8-16-13-9-17-20-15(19-13)18-12-7-5-4-6-11(12)14(21)22-3/h4-7,9-10H,8H2,1-3H3,(H2,16,18,19,20). The van der Waals surface area contributed by atoms with Crippen molar-refractivity contribution in [2.45, 2.75) is 13.8 Å². The topological polar surface area (TPSA) is 89.0 Å². The summed E-state index contributed by atoms with van der Waals surface area (Å²) < 4.78 is 4.76. The van der Waals surface area contributed by atoms with Crippen LogP contribution in [0.15, 0.2) is 30.5 Å². The van der Waals surface area contributed by atoms with Crippen molar-refractivity contribution in [3.8, 4) is 0 Å². The van der Waals surface area contributed by atoms with E-state index in [2.05, 4.69) is 39.7 Å². The molecule has 7 heteroatoms. The van der Waals surface area contributed by atoms with Gasteiger partial charge in [0.05, 0.1) is 24.6 Å². The molecule has 22 heavy (non-hydrogen) atoms. The number of anilines is 3. The average Bonchev–Trinajstić information content (AvgIpc) is 2.53. The number of esters is 1. The summed E-state index contributed by atoms with van der Waals surface area (Å²) in [6.45, 7) is 5.00. The second-order valence-electron chi connectivity index (χ2n) is 5.10. The Hall–Kier alpha value is -2.70. The van der Waals surface area contributed by atoms with Crippen LogP contribution in [0, 0.1) is 5.92 Å². The Morgan fingerprint density at radius 1 is 1.32 bits per heavy atom. The molecule has 116 valence electrons. The van der Waals surface area contributed by atoms with E-state index >= 15 is 0 Å². The summed E-state index contributed by atoms with van der Waals surface area (Å²) in [6, 6.07) is 6.99. The summed E-state index contributed by atoms with van der Waals surface area (Å²) in [5.74, 6) is 1.00. The quantitative estimate of drug-likeness (QED) is 0.792. The summed E-state index contributed by atoms with van der Waals surface area (Å²) in [5, 5.41) is 14.0. The number of ether oxygens (including phenoxy) is 1. The second kappa shape index (κ2) is 7.35. The van der Waals surface area contributed by atoms with Crippen LogP contribution in [-0.4, -0.2) is 34.8 Å². The van der Waals surface area contributed by atoms with Gasteiger partial charge in [-0.2, -0.15) is 10.1 Å². The van der Waals surface area contributed by atoms with E-state index in [-0.39, 0.29) is 0 Å². The lowest BCUT2D eigenvalue weighted by molar-refractivity contribution is 0.0602. The van der Waals surface area contributed by atoms with E-state index in [0.29, 0.717) is 28.9 Å². The molecule has 1 aromatic heterocycles. The molecule has 2 N–H and O–H groups in total. The van der Waals surface area contributed by atoms with Gasteiger partial charge in [-0.15, -0.1) is 5.10 Å². The minimum absolute atomic E-state index is 0.310. The van der Waals surface area contributed by atoms with Crippen molar-refractivity contribution >= 4 is 23.4 Å². The summed E-state index contributed by atoms with van der Waals surface area (Å²) in [7, 11) is 1.34. The van der Waals surface area contributed by atoms with Crippen molar-refractivity contribution in [2.24, 2.45) is 5.92 Å². The van der Waals surface area contributed by atoms with Gasteiger partial charge < -0.3 is 15.4 Å². The highest BCUT2D eigenvalue weighted by molar-refractivity contribution is 5.96. The Bertz CT molecular complexity index is 645. The molecule has 0 bridgehead atoms. The molecule has 0 radical (unpaired) electrons. The van der Waals surface area contributed by atoms with Gasteiger partial charge in [-0.3, -0.25) is 0 Å². The van der Waals surface area contributed by atoms with Crippen LogP contribution in [0.5, 0.6) is 0 Å². The fourth-order valence-corrected chi connectivity index (χ4v) is 1.75. The molecule has 0 unspecified atom stereocenters. The van der Waals surface area contributed by atoms with E-state index in [0.717, 1.165) is 6.54 Å². The molecule has 0 atom stereocenters. The van der Waals surface area contributed by atoms with Crippen molar-refractivity contribution in [1.29, 1.82) is 0 Å². The number of carbonyl (C=O) groups excluding carboxylic acids is 1. The molecule has 0 spiro atoms. The van der Waals surface area contributed by atoms with Crippen molar-refractivity contribution in [3.05, 3.63) is 36.0 Å². The Balaban J connectivity index is 2.17. The Labute approximate surface area is 129 Å². The van der Waals surface area contributed by atoms with E-state index in [1.54, 1.807) is 24.4 Å². The van der Waals surface area contributed by atoms with Gasteiger partial charge in [-0.1, -0.05) is 26.0 Å². The van der Waals surface area contributed by atoms with Crippen LogP contribution in [0.25, 0.3) is 0 Å². The molecule has 0 amide bonds. The number of methoxy groups -OCH3 is 1. The minimum Gasteiger partial charge on any atom is -0.465 e. The third-order valence-corrected chi connectivity index (χ3v) is 2.83. The van der Waals surface area contributed by atoms with Crippen molar-refractivity contribution in [3.63, 3.8) is 0 Å². The number of benzene rings is 1. The number of nitrogens with zero attached hydrogens (tertiary/aromatic N) is 3. The summed E-state index contributed by atoms with van der Waals surface area (Å²) in [5.41, 5.74) is 0.978. The predicted molar refractivity (Wildman–Crippen MR) is 84.2 cm³/mol. The van der Waals surface area contributed by atoms with Crippen LogP contribution in [-0.2, 0) is 4.74 Å². The number of aromatic nitrogens is 3. The van der Waals surface area contributed by atoms with Crippen LogP contribution >= 0.6 is 0 Å². The molecular weight excluding hydrogens is 282 g/mol. The molecule has 0 aliphatic rings. The van der Waals surface area contributed by atoms with Gasteiger partial charge in [-0.25, -0.2) is 4.79 Å². The predicted octanol–water partition coefficient (Wildman–Crippen LogP) is 2.47. The zero-order valence-corrected chi connectivity index (χ0v) is 12.8. The number of hydrogen-bond acceptors (Lipinski definition) is 7. The highest BCUT2D eigenvalue weighted by atomic mass is 16.5. The molecule has 0 saturated heterocycles. The van der Waals surface area contributed by atoms with Gasteiger partial charge in [0.15, 0.2) is 5.82 Å². The highest BCUT2D eigenvalue weighted by Crippen LogP contribution is 2.19. The Morgan fingerprint density at radius 2 is 2.09 bits per heavy atom. The lowest BCUT2D eigenvalue weighted by Crippen LogP contribution is -2.11. The van der Waals surface area contributed by atoms with Crippen molar-refractivity contribution < 1.29 is 9.53 Å². The second-order valence-corrected chi connectivity index (χ2v) is 5.10. The number of para-hydroxylation sites is 1. The molecule has 0 aliphatic heterocycles. The van der Waals surface area contributed by atoms with Crippen LogP contribution in [0.3, 0.4) is 0 Å². The number of hydrogen-bond donors (Lipinski definition) is 2. The molecule has 0 aliphatic carbocycles. The van der Waals surface area contributed by atoms with E-state index in [4.69, 9.17) is 4.74 Å². The van der Waals surface area contributed by atoms with Gasteiger partial charge >= 0.3 is 5.97 Å². The molecule has 2 rings (SSSR count). The average molecular weight is 301 g/mol. The van der Waals surface area contributed by atoms with Gasteiger partial charge in [0.2, 0.25) is 5.95 Å². The first-order chi connectivity index (χ1) is 10.6. The summed E-state index contributed by atoms with van der Waals surface area (Å²) in [4.78, 5) is 16.1. The maximum Gasteiger partial charge on any atom is 0.339 e. The normalized spacial score (nSPS) is 10.4. The smallest absolute Gasteiger partial charge is 0.339 e. The van der Waals surface area contributed by atoms with Gasteiger partial charge in [0.25, 0.3) is 0 Å². The summed E-state index contributed by atoms with van der Waals surface area (Å²) >= 11 is 0. The monoisotopic (exact) mass is 301 g/mol. The van der Waals surface area contributed by atoms with E-state index in [1.165, 1.54) is 7.11 Å². The third-order valence-electron chi connectivity index (χ3n) is 2.83. The number of nitrogens with one attached hydrogen (secondary N) is 2. The maximum atomic E-state index is 11.7. The Kier molecular flexibility index (Phi) is 5.24. The van der Waals surface area contributed by atoms with Crippen molar-refractivity contribution in [2.75, 3.05) is 24.3 Å². The minimum atomic E-state index is -0.426. The maximum absolute atomic E-state index is 11.7. The third kappa shape index (κ3) is 4.15. The van der Waals surface area contributed by atoms with Gasteiger partial charge in [0.1, 0.15) is 0 Å². The molecular formula is C15H19N5O2. The van der Waals surface area contributed by atoms with Gasteiger partial charge in [0, 0.05) is 6.54 Å². The number of carbonyl (C=O) groups is 1. The first kappa shape index (κ1) is 15.7. The SMILES string of the molecule is COC(=O)c1ccccc1Nc1nncc(NCC(C)C)n1. The lowest BCUT2D eigenvalue weighted by atomic mass is 10.2. The van der Waals surface area contributed by atoms with Crippen LogP contribution in [0.4, 0.5) is 17.5 Å². The number of rotatable bonds is 6. The molecule has 0 saturated carbocycles. The summed E-state index contributed by atoms with van der Waals surface area (Å²) in [6.07, 6.45) is 1.56. The fourth-order valence-electron chi connectivity index (χ4n) is 1.75.